The van der Waals surface area contributed by atoms with E-state index in [0.717, 1.165) is 41.2 Å². The molecule has 1 unspecified atom stereocenters. The van der Waals surface area contributed by atoms with Gasteiger partial charge < -0.3 is 15.2 Å². The molecule has 2 aromatic rings. The van der Waals surface area contributed by atoms with Gasteiger partial charge in [-0.15, -0.1) is 0 Å². The lowest BCUT2D eigenvalue weighted by Gasteiger charge is -2.22. The van der Waals surface area contributed by atoms with Gasteiger partial charge in [0.1, 0.15) is 0 Å². The summed E-state index contributed by atoms with van der Waals surface area (Å²) in [6.45, 7) is 2.15. The average Bonchev–Trinajstić information content (AvgIpc) is 2.77. The molecule has 4 nitrogen and oxygen atoms in total. The molecule has 1 aliphatic carbocycles. The first-order valence-electron chi connectivity index (χ1n) is 10.0. The molecule has 0 aliphatic heterocycles. The van der Waals surface area contributed by atoms with Gasteiger partial charge >= 0.3 is 13.1 Å². The Morgan fingerprint density at radius 1 is 1.03 bits per heavy atom. The molecule has 5 heteroatoms. The normalized spacial score (nSPS) is 16.6. The van der Waals surface area contributed by atoms with Crippen LogP contribution in [0.3, 0.4) is 0 Å². The van der Waals surface area contributed by atoms with E-state index in [1.54, 1.807) is 18.2 Å². The molecule has 0 spiro atoms. The molecule has 0 saturated carbocycles. The van der Waals surface area contributed by atoms with E-state index in [9.17, 15) is 14.8 Å². The van der Waals surface area contributed by atoms with E-state index in [0.29, 0.717) is 11.4 Å². The topological polar surface area (TPSA) is 77.8 Å². The van der Waals surface area contributed by atoms with Gasteiger partial charge in [-0.1, -0.05) is 85.3 Å². The fourth-order valence-corrected chi connectivity index (χ4v) is 3.75. The summed E-state index contributed by atoms with van der Waals surface area (Å²) in [7, 11) is -1.50. The van der Waals surface area contributed by atoms with Crippen molar-refractivity contribution in [1.82, 2.24) is 0 Å². The number of carboxylic acid groups (broad SMARTS) is 1. The molecule has 0 amide bonds. The summed E-state index contributed by atoms with van der Waals surface area (Å²) in [4.78, 5) is 10.8. The van der Waals surface area contributed by atoms with Crippen molar-refractivity contribution in [1.29, 1.82) is 0 Å². The summed E-state index contributed by atoms with van der Waals surface area (Å²) < 4.78 is 0. The predicted molar refractivity (Wildman–Crippen MR) is 122 cm³/mol. The van der Waals surface area contributed by atoms with Crippen LogP contribution in [0, 0.1) is 5.92 Å². The third-order valence-corrected chi connectivity index (χ3v) is 5.25. The van der Waals surface area contributed by atoms with E-state index in [-0.39, 0.29) is 0 Å². The van der Waals surface area contributed by atoms with Gasteiger partial charge in [-0.3, -0.25) is 0 Å². The number of hydrogen-bond acceptors (Lipinski definition) is 3. The van der Waals surface area contributed by atoms with Crippen molar-refractivity contribution in [3.8, 4) is 0 Å². The molecule has 3 N–H and O–H groups in total. The van der Waals surface area contributed by atoms with E-state index in [4.69, 9.17) is 5.11 Å². The quantitative estimate of drug-likeness (QED) is 0.488. The van der Waals surface area contributed by atoms with Gasteiger partial charge in [0.15, 0.2) is 0 Å². The van der Waals surface area contributed by atoms with Gasteiger partial charge in [-0.2, -0.15) is 0 Å². The van der Waals surface area contributed by atoms with Crippen molar-refractivity contribution < 1.29 is 19.9 Å². The zero-order valence-electron chi connectivity index (χ0n) is 16.9. The van der Waals surface area contributed by atoms with Gasteiger partial charge in [0.2, 0.25) is 0 Å². The first kappa shape index (κ1) is 21.6. The molecular weight excluding hydrogens is 375 g/mol. The largest absolute Gasteiger partial charge is 0.488 e. The molecule has 30 heavy (non-hydrogen) atoms. The summed E-state index contributed by atoms with van der Waals surface area (Å²) in [6.07, 6.45) is 13.0. The molecule has 0 radical (unpaired) electrons. The number of carbonyl (C=O) groups is 1. The fraction of sp³-hybridized carbons (Fsp3) is 0.160. The van der Waals surface area contributed by atoms with Crippen molar-refractivity contribution in [3.05, 3.63) is 101 Å². The molecular formula is C25H25BO4. The highest BCUT2D eigenvalue weighted by atomic mass is 16.4. The first-order chi connectivity index (χ1) is 14.5. The smallest absolute Gasteiger partial charge is 0.478 e. The molecule has 0 fully saturated rings. The summed E-state index contributed by atoms with van der Waals surface area (Å²) >= 11 is 0. The Kier molecular flexibility index (Phi) is 7.23. The molecule has 0 saturated heterocycles. The predicted octanol–water partition coefficient (Wildman–Crippen LogP) is 3.81. The molecule has 0 bridgehead atoms. The molecule has 3 rings (SSSR count). The minimum absolute atomic E-state index is 0.296. The third-order valence-electron chi connectivity index (χ3n) is 5.25. The van der Waals surface area contributed by atoms with Gasteiger partial charge in [0.05, 0.1) is 0 Å². The van der Waals surface area contributed by atoms with Crippen LogP contribution < -0.4 is 5.46 Å². The zero-order valence-corrected chi connectivity index (χ0v) is 16.9. The minimum Gasteiger partial charge on any atom is -0.478 e. The Hall–Kier alpha value is -3.15. The van der Waals surface area contributed by atoms with Crippen LogP contribution in [0.5, 0.6) is 0 Å². The van der Waals surface area contributed by atoms with Crippen LogP contribution >= 0.6 is 0 Å². The van der Waals surface area contributed by atoms with Gasteiger partial charge in [-0.05, 0) is 46.6 Å². The van der Waals surface area contributed by atoms with Crippen LogP contribution in [0.2, 0.25) is 0 Å². The van der Waals surface area contributed by atoms with E-state index >= 15 is 0 Å². The summed E-state index contributed by atoms with van der Waals surface area (Å²) in [6, 6.07) is 15.1. The monoisotopic (exact) mass is 400 g/mol. The van der Waals surface area contributed by atoms with Crippen LogP contribution in [0.4, 0.5) is 0 Å². The van der Waals surface area contributed by atoms with Crippen molar-refractivity contribution in [2.24, 2.45) is 5.92 Å². The van der Waals surface area contributed by atoms with E-state index in [1.165, 1.54) is 5.57 Å². The minimum atomic E-state index is -1.50. The summed E-state index contributed by atoms with van der Waals surface area (Å²) in [5.74, 6) is -0.680. The van der Waals surface area contributed by atoms with Crippen LogP contribution in [-0.2, 0) is 4.79 Å². The van der Waals surface area contributed by atoms with E-state index < -0.39 is 13.1 Å². The van der Waals surface area contributed by atoms with Crippen molar-refractivity contribution >= 4 is 30.2 Å². The number of benzene rings is 2. The molecule has 0 aromatic heterocycles. The van der Waals surface area contributed by atoms with Crippen LogP contribution in [0.25, 0.3) is 11.6 Å². The summed E-state index contributed by atoms with van der Waals surface area (Å²) in [5, 5.41) is 27.7. The maximum atomic E-state index is 10.8. The second-order valence-electron chi connectivity index (χ2n) is 7.20. The van der Waals surface area contributed by atoms with E-state index in [2.05, 4.69) is 31.2 Å². The molecule has 0 heterocycles. The SMILES string of the molecule is CC/C(=C(/c1ccc(/C=C/C(=O)O)cc1)c1ccc(B(O)O)cc1)C1C=CC=CC1. The van der Waals surface area contributed by atoms with Crippen molar-refractivity contribution in [2.45, 2.75) is 19.8 Å². The maximum absolute atomic E-state index is 10.8. The Labute approximate surface area is 177 Å². The summed E-state index contributed by atoms with van der Waals surface area (Å²) in [5.41, 5.74) is 5.74. The fourth-order valence-electron chi connectivity index (χ4n) is 3.75. The number of aliphatic carboxylic acids is 1. The molecule has 1 aliphatic rings. The van der Waals surface area contributed by atoms with Gasteiger partial charge in [0.25, 0.3) is 0 Å². The Morgan fingerprint density at radius 2 is 1.67 bits per heavy atom. The second kappa shape index (κ2) is 10.1. The van der Waals surface area contributed by atoms with E-state index in [1.807, 2.05) is 36.4 Å². The Balaban J connectivity index is 2.09. The van der Waals surface area contributed by atoms with Crippen molar-refractivity contribution in [3.63, 3.8) is 0 Å². The lowest BCUT2D eigenvalue weighted by atomic mass is 9.78. The third kappa shape index (κ3) is 5.26. The first-order valence-corrected chi connectivity index (χ1v) is 10.0. The lowest BCUT2D eigenvalue weighted by molar-refractivity contribution is -0.131. The lowest BCUT2D eigenvalue weighted by Crippen LogP contribution is -2.29. The Morgan fingerprint density at radius 3 is 2.17 bits per heavy atom. The second-order valence-corrected chi connectivity index (χ2v) is 7.20. The highest BCUT2D eigenvalue weighted by Crippen LogP contribution is 2.35. The van der Waals surface area contributed by atoms with Crippen molar-refractivity contribution in [2.75, 3.05) is 0 Å². The number of carboxylic acids is 1. The maximum Gasteiger partial charge on any atom is 0.488 e. The van der Waals surface area contributed by atoms with Gasteiger partial charge in [-0.25, -0.2) is 4.79 Å². The Bertz CT molecular complexity index is 996. The molecule has 152 valence electrons. The number of rotatable bonds is 7. The highest BCUT2D eigenvalue weighted by molar-refractivity contribution is 6.58. The number of hydrogen-bond donors (Lipinski definition) is 3. The van der Waals surface area contributed by atoms with Gasteiger partial charge in [0, 0.05) is 12.0 Å². The van der Waals surface area contributed by atoms with Crippen LogP contribution in [0.1, 0.15) is 36.5 Å². The number of allylic oxidation sites excluding steroid dienone is 5. The zero-order chi connectivity index (χ0) is 21.5. The standard InChI is InChI=1S/C25H25BO4/c1-2-23(19-6-4-3-5-7-19)25(21-13-15-22(16-14-21)26(29)30)20-11-8-18(9-12-20)10-17-24(27)28/h3-6,8-17,19,29-30H,2,7H2,1H3,(H,27,28)/b17-10+,25-23+. The average molecular weight is 400 g/mol. The molecule has 2 aromatic carbocycles. The van der Waals surface area contributed by atoms with Crippen LogP contribution in [-0.4, -0.2) is 28.2 Å². The van der Waals surface area contributed by atoms with Crippen LogP contribution in [0.15, 0.2) is 84.5 Å². The molecule has 1 atom stereocenters. The highest BCUT2D eigenvalue weighted by Gasteiger charge is 2.19.